The Balaban J connectivity index is 1.68. The van der Waals surface area contributed by atoms with Gasteiger partial charge in [0, 0.05) is 24.4 Å². The van der Waals surface area contributed by atoms with Crippen molar-refractivity contribution in [3.8, 4) is 0 Å². The molecule has 1 fully saturated rings. The molecule has 5 heterocycles. The highest BCUT2D eigenvalue weighted by Gasteiger charge is 2.31. The summed E-state index contributed by atoms with van der Waals surface area (Å²) >= 11 is 0. The number of anilines is 2. The molecule has 1 amide bonds. The summed E-state index contributed by atoms with van der Waals surface area (Å²) in [6.45, 7) is 2.74. The smallest absolute Gasteiger partial charge is 0.227 e. The minimum atomic E-state index is -0.331. The molecule has 0 saturated carbocycles. The maximum Gasteiger partial charge on any atom is 0.227 e. The predicted molar refractivity (Wildman–Crippen MR) is 103 cm³/mol. The van der Waals surface area contributed by atoms with Crippen LogP contribution in [-0.2, 0) is 11.2 Å². The van der Waals surface area contributed by atoms with Gasteiger partial charge in [-0.05, 0) is 43.4 Å². The molecule has 8 heteroatoms. The van der Waals surface area contributed by atoms with E-state index in [0.29, 0.717) is 24.2 Å². The average molecular weight is 380 g/mol. The zero-order valence-electron chi connectivity index (χ0n) is 15.6. The third kappa shape index (κ3) is 2.80. The topological polar surface area (TPSA) is 75.4 Å². The van der Waals surface area contributed by atoms with E-state index in [1.54, 1.807) is 16.8 Å². The number of fused-ring (bicyclic) bond motifs is 5. The predicted octanol–water partition coefficient (Wildman–Crippen LogP) is 3.13. The van der Waals surface area contributed by atoms with E-state index in [0.717, 1.165) is 36.5 Å². The number of carbonyl (C=O) groups excluding carboxylic acids is 1. The molecule has 2 bridgehead atoms. The van der Waals surface area contributed by atoms with Crippen molar-refractivity contribution in [3.05, 3.63) is 47.8 Å². The van der Waals surface area contributed by atoms with Crippen LogP contribution in [0.1, 0.15) is 43.5 Å². The Kier molecular flexibility index (Phi) is 3.99. The van der Waals surface area contributed by atoms with Gasteiger partial charge in [-0.1, -0.05) is 6.92 Å². The fourth-order valence-corrected chi connectivity index (χ4v) is 4.19. The maximum absolute atomic E-state index is 14.1. The number of amides is 1. The standard InChI is InChI=1S/C20H21FN6O/c1-12-4-5-15-14(9-13(21)10-22-15)17-3-2-7-26(17)18-6-8-27-19(25-18)16(11-23-27)24-20(12)28/h6,8-12,17H,2-5,7H2,1H3,(H,24,28). The fraction of sp³-hybridized carbons (Fsp3) is 0.400. The van der Waals surface area contributed by atoms with Crippen molar-refractivity contribution in [1.29, 1.82) is 0 Å². The van der Waals surface area contributed by atoms with Gasteiger partial charge in [0.2, 0.25) is 5.91 Å². The lowest BCUT2D eigenvalue weighted by Gasteiger charge is -2.27. The van der Waals surface area contributed by atoms with E-state index in [9.17, 15) is 9.18 Å². The molecular formula is C20H21FN6O. The van der Waals surface area contributed by atoms with Crippen molar-refractivity contribution in [1.82, 2.24) is 19.6 Å². The molecule has 144 valence electrons. The lowest BCUT2D eigenvalue weighted by Crippen LogP contribution is -2.25. The van der Waals surface area contributed by atoms with Gasteiger partial charge < -0.3 is 10.2 Å². The van der Waals surface area contributed by atoms with Gasteiger partial charge in [-0.15, -0.1) is 0 Å². The third-order valence-electron chi connectivity index (χ3n) is 5.75. The van der Waals surface area contributed by atoms with Crippen LogP contribution >= 0.6 is 0 Å². The van der Waals surface area contributed by atoms with Crippen LogP contribution in [0, 0.1) is 11.7 Å². The number of halogens is 1. The molecule has 1 saturated heterocycles. The fourth-order valence-electron chi connectivity index (χ4n) is 4.19. The SMILES string of the molecule is CC1CCc2ncc(F)cc2C2CCCN2c2ccn3ncc(c3n2)NC1=O. The molecule has 2 aliphatic heterocycles. The Labute approximate surface area is 161 Å². The van der Waals surface area contributed by atoms with E-state index in [-0.39, 0.29) is 23.7 Å². The number of aromatic nitrogens is 4. The van der Waals surface area contributed by atoms with E-state index >= 15 is 0 Å². The first-order chi connectivity index (χ1) is 13.6. The molecule has 0 aromatic carbocycles. The molecule has 3 aromatic heterocycles. The lowest BCUT2D eigenvalue weighted by atomic mass is 9.96. The molecule has 0 aliphatic carbocycles. The third-order valence-corrected chi connectivity index (χ3v) is 5.75. The van der Waals surface area contributed by atoms with Crippen LogP contribution < -0.4 is 10.2 Å². The normalized spacial score (nSPS) is 22.2. The van der Waals surface area contributed by atoms with Gasteiger partial charge >= 0.3 is 0 Å². The van der Waals surface area contributed by atoms with Gasteiger partial charge in [-0.25, -0.2) is 13.9 Å². The quantitative estimate of drug-likeness (QED) is 0.649. The summed E-state index contributed by atoms with van der Waals surface area (Å²) in [5.41, 5.74) is 2.98. The van der Waals surface area contributed by atoms with Crippen LogP contribution in [0.5, 0.6) is 0 Å². The molecule has 2 aliphatic rings. The molecule has 0 spiro atoms. The highest BCUT2D eigenvalue weighted by atomic mass is 19.1. The average Bonchev–Trinajstić information content (AvgIpc) is 3.33. The molecular weight excluding hydrogens is 359 g/mol. The Morgan fingerprint density at radius 1 is 1.29 bits per heavy atom. The first kappa shape index (κ1) is 17.1. The highest BCUT2D eigenvalue weighted by molar-refractivity contribution is 5.95. The molecule has 2 unspecified atom stereocenters. The first-order valence-corrected chi connectivity index (χ1v) is 9.66. The second kappa shape index (κ2) is 6.54. The zero-order valence-corrected chi connectivity index (χ0v) is 15.6. The van der Waals surface area contributed by atoms with Crippen molar-refractivity contribution in [2.45, 2.75) is 38.6 Å². The van der Waals surface area contributed by atoms with Gasteiger partial charge in [0.1, 0.15) is 17.3 Å². The first-order valence-electron chi connectivity index (χ1n) is 9.66. The van der Waals surface area contributed by atoms with Crippen LogP contribution in [-0.4, -0.2) is 32.0 Å². The Hall–Kier alpha value is -3.03. The second-order valence-corrected chi connectivity index (χ2v) is 7.58. The van der Waals surface area contributed by atoms with Crippen molar-refractivity contribution in [2.75, 3.05) is 16.8 Å². The van der Waals surface area contributed by atoms with Crippen molar-refractivity contribution < 1.29 is 9.18 Å². The van der Waals surface area contributed by atoms with Crippen LogP contribution in [0.3, 0.4) is 0 Å². The Bertz CT molecular complexity index is 1060. The number of carbonyl (C=O) groups is 1. The largest absolute Gasteiger partial charge is 0.349 e. The number of hydrogen-bond acceptors (Lipinski definition) is 5. The summed E-state index contributed by atoms with van der Waals surface area (Å²) in [6, 6.07) is 3.54. The van der Waals surface area contributed by atoms with E-state index in [4.69, 9.17) is 4.98 Å². The molecule has 3 aromatic rings. The molecule has 5 rings (SSSR count). The Morgan fingerprint density at radius 2 is 2.18 bits per heavy atom. The number of hydrogen-bond donors (Lipinski definition) is 1. The lowest BCUT2D eigenvalue weighted by molar-refractivity contribution is -0.119. The number of rotatable bonds is 0. The van der Waals surface area contributed by atoms with Gasteiger partial charge in [0.15, 0.2) is 5.65 Å². The van der Waals surface area contributed by atoms with E-state index in [2.05, 4.69) is 20.3 Å². The van der Waals surface area contributed by atoms with Crippen LogP contribution in [0.15, 0.2) is 30.7 Å². The van der Waals surface area contributed by atoms with Crippen molar-refractivity contribution in [3.63, 3.8) is 0 Å². The summed E-state index contributed by atoms with van der Waals surface area (Å²) in [5, 5.41) is 7.24. The van der Waals surface area contributed by atoms with E-state index in [1.165, 1.54) is 6.20 Å². The monoisotopic (exact) mass is 380 g/mol. The summed E-state index contributed by atoms with van der Waals surface area (Å²) < 4.78 is 15.7. The minimum absolute atomic E-state index is 0.0271. The van der Waals surface area contributed by atoms with Gasteiger partial charge in [-0.2, -0.15) is 5.10 Å². The number of aryl methyl sites for hydroxylation is 1. The van der Waals surface area contributed by atoms with Gasteiger partial charge in [0.25, 0.3) is 0 Å². The van der Waals surface area contributed by atoms with Crippen molar-refractivity contribution >= 4 is 23.1 Å². The highest BCUT2D eigenvalue weighted by Crippen LogP contribution is 2.37. The molecule has 0 radical (unpaired) electrons. The van der Waals surface area contributed by atoms with Crippen LogP contribution in [0.2, 0.25) is 0 Å². The summed E-state index contributed by atoms with van der Waals surface area (Å²) in [5.74, 6) is 0.180. The van der Waals surface area contributed by atoms with E-state index in [1.807, 2.05) is 19.2 Å². The van der Waals surface area contributed by atoms with Gasteiger partial charge in [-0.3, -0.25) is 9.78 Å². The van der Waals surface area contributed by atoms with Gasteiger partial charge in [0.05, 0.1) is 18.4 Å². The van der Waals surface area contributed by atoms with Crippen LogP contribution in [0.25, 0.3) is 5.65 Å². The number of nitrogens with zero attached hydrogens (tertiary/aromatic N) is 5. The minimum Gasteiger partial charge on any atom is -0.349 e. The van der Waals surface area contributed by atoms with Crippen molar-refractivity contribution in [2.24, 2.45) is 5.92 Å². The number of pyridine rings is 1. The molecule has 7 nitrogen and oxygen atoms in total. The summed E-state index contributed by atoms with van der Waals surface area (Å²) in [7, 11) is 0. The Morgan fingerprint density at radius 3 is 3.07 bits per heavy atom. The summed E-state index contributed by atoms with van der Waals surface area (Å²) in [4.78, 5) is 24.0. The number of nitrogens with one attached hydrogen (secondary N) is 1. The molecule has 2 atom stereocenters. The summed E-state index contributed by atoms with van der Waals surface area (Å²) in [6.07, 6.45) is 7.93. The molecule has 1 N–H and O–H groups in total. The zero-order chi connectivity index (χ0) is 19.3. The molecule has 28 heavy (non-hydrogen) atoms. The van der Waals surface area contributed by atoms with E-state index < -0.39 is 0 Å². The van der Waals surface area contributed by atoms with Crippen LogP contribution in [0.4, 0.5) is 15.9 Å². The second-order valence-electron chi connectivity index (χ2n) is 7.58. The maximum atomic E-state index is 14.1.